The summed E-state index contributed by atoms with van der Waals surface area (Å²) >= 11 is 7.60. The number of nitrogens with zero attached hydrogens (tertiary/aromatic N) is 2. The summed E-state index contributed by atoms with van der Waals surface area (Å²) in [4.78, 5) is 22.6. The number of aromatic amines is 1. The summed E-state index contributed by atoms with van der Waals surface area (Å²) in [5.41, 5.74) is 4.15. The largest absolute Gasteiger partial charge is 0.361 e. The number of aromatic nitrogens is 2. The molecule has 0 saturated heterocycles. The maximum atomic E-state index is 12.3. The Bertz CT molecular complexity index is 1180. The molecule has 0 saturated carbocycles. The van der Waals surface area contributed by atoms with E-state index in [4.69, 9.17) is 11.6 Å². The van der Waals surface area contributed by atoms with Crippen molar-refractivity contribution < 1.29 is 4.79 Å². The molecule has 2 N–H and O–H groups in total. The second-order valence-electron chi connectivity index (χ2n) is 8.20. The lowest BCUT2D eigenvalue weighted by Gasteiger charge is -2.21. The van der Waals surface area contributed by atoms with E-state index in [-0.39, 0.29) is 11.9 Å². The molecule has 166 valence electrons. The van der Waals surface area contributed by atoms with Crippen LogP contribution >= 0.6 is 22.9 Å². The van der Waals surface area contributed by atoms with Crippen molar-refractivity contribution in [3.8, 4) is 0 Å². The van der Waals surface area contributed by atoms with Crippen molar-refractivity contribution in [3.05, 3.63) is 87.0 Å². The number of fused-ring (bicyclic) bond motifs is 1. The van der Waals surface area contributed by atoms with Crippen molar-refractivity contribution >= 4 is 39.7 Å². The molecular weight excluding hydrogens is 440 g/mol. The van der Waals surface area contributed by atoms with Gasteiger partial charge in [-0.05, 0) is 49.6 Å². The minimum Gasteiger partial charge on any atom is -0.361 e. The van der Waals surface area contributed by atoms with Gasteiger partial charge in [-0.25, -0.2) is 4.98 Å². The van der Waals surface area contributed by atoms with E-state index in [1.807, 2.05) is 37.4 Å². The SMILES string of the molecule is CC(C)NC(=O)c1csc(CN(CCc2c[nH]c3ccccc23)Cc2ccc(Cl)cc2)n1. The van der Waals surface area contributed by atoms with Crippen LogP contribution in [0.5, 0.6) is 0 Å². The van der Waals surface area contributed by atoms with Crippen LogP contribution in [-0.2, 0) is 19.5 Å². The number of hydrogen-bond acceptors (Lipinski definition) is 4. The standard InChI is InChI=1S/C25H27ClN4OS/c1-17(2)28-25(31)23-16-32-24(29-23)15-30(14-18-7-9-20(26)10-8-18)12-11-19-13-27-22-6-4-3-5-21(19)22/h3-10,13,16-17,27H,11-12,14-15H2,1-2H3,(H,28,31). The number of para-hydroxylation sites is 1. The van der Waals surface area contributed by atoms with Crippen molar-refractivity contribution in [2.45, 2.75) is 39.4 Å². The molecule has 2 heterocycles. The highest BCUT2D eigenvalue weighted by molar-refractivity contribution is 7.09. The van der Waals surface area contributed by atoms with Gasteiger partial charge in [0.2, 0.25) is 0 Å². The van der Waals surface area contributed by atoms with Gasteiger partial charge in [0.15, 0.2) is 0 Å². The third-order valence-electron chi connectivity index (χ3n) is 5.25. The lowest BCUT2D eigenvalue weighted by atomic mass is 10.1. The summed E-state index contributed by atoms with van der Waals surface area (Å²) in [5.74, 6) is -0.120. The third-order valence-corrected chi connectivity index (χ3v) is 6.34. The monoisotopic (exact) mass is 466 g/mol. The van der Waals surface area contributed by atoms with E-state index in [1.165, 1.54) is 27.8 Å². The van der Waals surface area contributed by atoms with E-state index < -0.39 is 0 Å². The summed E-state index contributed by atoms with van der Waals surface area (Å²) in [5, 5.41) is 7.69. The molecule has 4 rings (SSSR count). The van der Waals surface area contributed by atoms with Crippen LogP contribution in [0.1, 0.15) is 40.5 Å². The Kier molecular flexibility index (Phi) is 7.25. The van der Waals surface area contributed by atoms with Gasteiger partial charge < -0.3 is 10.3 Å². The fourth-order valence-electron chi connectivity index (χ4n) is 3.69. The average molecular weight is 467 g/mol. The van der Waals surface area contributed by atoms with Crippen LogP contribution in [0.3, 0.4) is 0 Å². The zero-order chi connectivity index (χ0) is 22.5. The van der Waals surface area contributed by atoms with Crippen LogP contribution in [0.15, 0.2) is 60.1 Å². The zero-order valence-corrected chi connectivity index (χ0v) is 19.8. The van der Waals surface area contributed by atoms with E-state index in [0.29, 0.717) is 12.2 Å². The van der Waals surface area contributed by atoms with Gasteiger partial charge in [0, 0.05) is 46.6 Å². The van der Waals surface area contributed by atoms with Crippen LogP contribution in [0.4, 0.5) is 0 Å². The molecule has 0 fully saturated rings. The first-order valence-corrected chi connectivity index (χ1v) is 12.0. The van der Waals surface area contributed by atoms with Crippen LogP contribution in [0.25, 0.3) is 10.9 Å². The molecule has 4 aromatic rings. The first-order chi connectivity index (χ1) is 15.5. The Morgan fingerprint density at radius 1 is 1.16 bits per heavy atom. The Hall–Kier alpha value is -2.67. The van der Waals surface area contributed by atoms with E-state index in [1.54, 1.807) is 0 Å². The molecule has 0 aliphatic carbocycles. The quantitative estimate of drug-likeness (QED) is 0.334. The summed E-state index contributed by atoms with van der Waals surface area (Å²) in [6.45, 7) is 6.24. The molecule has 1 amide bonds. The zero-order valence-electron chi connectivity index (χ0n) is 18.3. The van der Waals surface area contributed by atoms with E-state index in [9.17, 15) is 4.79 Å². The Balaban J connectivity index is 1.49. The van der Waals surface area contributed by atoms with E-state index in [0.717, 1.165) is 35.1 Å². The topological polar surface area (TPSA) is 61.0 Å². The number of halogens is 1. The fraction of sp³-hybridized carbons (Fsp3) is 0.280. The molecule has 7 heteroatoms. The number of carbonyl (C=O) groups excluding carboxylic acids is 1. The molecule has 0 aliphatic heterocycles. The van der Waals surface area contributed by atoms with E-state index >= 15 is 0 Å². The number of hydrogen-bond donors (Lipinski definition) is 2. The molecule has 0 aliphatic rings. The summed E-state index contributed by atoms with van der Waals surface area (Å²) in [6.07, 6.45) is 3.02. The molecule has 5 nitrogen and oxygen atoms in total. The smallest absolute Gasteiger partial charge is 0.270 e. The van der Waals surface area contributed by atoms with Gasteiger partial charge in [-0.1, -0.05) is 41.9 Å². The average Bonchev–Trinajstić information content (AvgIpc) is 3.40. The number of amides is 1. The van der Waals surface area contributed by atoms with Crippen molar-refractivity contribution in [2.75, 3.05) is 6.54 Å². The molecule has 0 spiro atoms. The molecule has 0 atom stereocenters. The van der Waals surface area contributed by atoms with Crippen LogP contribution in [0.2, 0.25) is 5.02 Å². The van der Waals surface area contributed by atoms with Gasteiger partial charge >= 0.3 is 0 Å². The van der Waals surface area contributed by atoms with Crippen molar-refractivity contribution in [1.29, 1.82) is 0 Å². The minimum atomic E-state index is -0.120. The Labute approximate surface area is 197 Å². The lowest BCUT2D eigenvalue weighted by molar-refractivity contribution is 0.0938. The third kappa shape index (κ3) is 5.76. The summed E-state index contributed by atoms with van der Waals surface area (Å²) in [6, 6.07) is 16.4. The minimum absolute atomic E-state index is 0.0882. The molecule has 0 bridgehead atoms. The second-order valence-corrected chi connectivity index (χ2v) is 9.58. The van der Waals surface area contributed by atoms with Gasteiger partial charge in [0.05, 0.1) is 6.54 Å². The Morgan fingerprint density at radius 3 is 2.72 bits per heavy atom. The highest BCUT2D eigenvalue weighted by Crippen LogP contribution is 2.21. The number of H-pyrrole nitrogens is 1. The predicted molar refractivity (Wildman–Crippen MR) is 132 cm³/mol. The number of thiazole rings is 1. The van der Waals surface area contributed by atoms with Crippen molar-refractivity contribution in [1.82, 2.24) is 20.2 Å². The van der Waals surface area contributed by atoms with Crippen molar-refractivity contribution in [2.24, 2.45) is 0 Å². The number of benzene rings is 2. The highest BCUT2D eigenvalue weighted by atomic mass is 35.5. The van der Waals surface area contributed by atoms with Gasteiger partial charge in [0.25, 0.3) is 5.91 Å². The number of carbonyl (C=O) groups is 1. The Morgan fingerprint density at radius 2 is 1.94 bits per heavy atom. The van der Waals surface area contributed by atoms with Gasteiger partial charge in [-0.15, -0.1) is 11.3 Å². The van der Waals surface area contributed by atoms with Gasteiger partial charge in [-0.3, -0.25) is 9.69 Å². The second kappa shape index (κ2) is 10.3. The number of rotatable bonds is 9. The first-order valence-electron chi connectivity index (χ1n) is 10.7. The first kappa shape index (κ1) is 22.5. The molecule has 32 heavy (non-hydrogen) atoms. The molecule has 2 aromatic carbocycles. The van der Waals surface area contributed by atoms with Crippen LogP contribution in [0, 0.1) is 0 Å². The highest BCUT2D eigenvalue weighted by Gasteiger charge is 2.15. The lowest BCUT2D eigenvalue weighted by Crippen LogP contribution is -2.30. The fourth-order valence-corrected chi connectivity index (χ4v) is 4.64. The summed E-state index contributed by atoms with van der Waals surface area (Å²) < 4.78 is 0. The van der Waals surface area contributed by atoms with Gasteiger partial charge in [-0.2, -0.15) is 0 Å². The van der Waals surface area contributed by atoms with E-state index in [2.05, 4.69) is 56.7 Å². The molecule has 2 aromatic heterocycles. The molecule has 0 unspecified atom stereocenters. The number of nitrogens with one attached hydrogen (secondary N) is 2. The maximum Gasteiger partial charge on any atom is 0.270 e. The van der Waals surface area contributed by atoms with Crippen molar-refractivity contribution in [3.63, 3.8) is 0 Å². The van der Waals surface area contributed by atoms with Crippen LogP contribution < -0.4 is 5.32 Å². The van der Waals surface area contributed by atoms with Gasteiger partial charge in [0.1, 0.15) is 10.7 Å². The molecule has 0 radical (unpaired) electrons. The maximum absolute atomic E-state index is 12.3. The molecular formula is C25H27ClN4OS. The summed E-state index contributed by atoms with van der Waals surface area (Å²) in [7, 11) is 0. The normalized spacial score (nSPS) is 11.5. The van der Waals surface area contributed by atoms with Crippen LogP contribution in [-0.4, -0.2) is 33.4 Å². The predicted octanol–water partition coefficient (Wildman–Crippen LogP) is 5.66.